The zero-order valence-electron chi connectivity index (χ0n) is 16.9. The first-order valence-electron chi connectivity index (χ1n) is 10.0. The number of piperazine rings is 1. The summed E-state index contributed by atoms with van der Waals surface area (Å²) in [5, 5.41) is 0.793. The number of carbonyl (C=O) groups excluding carboxylic acids is 2. The number of benzene rings is 2. The minimum absolute atomic E-state index is 0.0511. The molecule has 1 fully saturated rings. The summed E-state index contributed by atoms with van der Waals surface area (Å²) in [5.41, 5.74) is 2.94. The number of para-hydroxylation sites is 3. The van der Waals surface area contributed by atoms with E-state index in [-0.39, 0.29) is 12.0 Å². The molecule has 2 heterocycles. The minimum atomic E-state index is -0.310. The van der Waals surface area contributed by atoms with Crippen LogP contribution >= 0.6 is 11.8 Å². The molecule has 30 heavy (non-hydrogen) atoms. The molecular formula is C22H24N4O3S. The highest BCUT2D eigenvalue weighted by molar-refractivity contribution is 7.99. The van der Waals surface area contributed by atoms with Crippen LogP contribution in [0.15, 0.2) is 59.8 Å². The Labute approximate surface area is 179 Å². The van der Waals surface area contributed by atoms with Crippen molar-refractivity contribution in [1.82, 2.24) is 19.4 Å². The highest BCUT2D eigenvalue weighted by atomic mass is 32.2. The van der Waals surface area contributed by atoms with E-state index in [1.807, 2.05) is 54.6 Å². The van der Waals surface area contributed by atoms with Crippen molar-refractivity contribution in [2.45, 2.75) is 12.1 Å². The van der Waals surface area contributed by atoms with Gasteiger partial charge in [-0.25, -0.2) is 9.78 Å². The quantitative estimate of drug-likeness (QED) is 0.587. The predicted molar refractivity (Wildman–Crippen MR) is 117 cm³/mol. The summed E-state index contributed by atoms with van der Waals surface area (Å²) < 4.78 is 7.12. The maximum absolute atomic E-state index is 12.8. The Balaban J connectivity index is 1.44. The summed E-state index contributed by atoms with van der Waals surface area (Å²) in [7, 11) is 0. The van der Waals surface area contributed by atoms with Crippen molar-refractivity contribution in [3.63, 3.8) is 0 Å². The average Bonchev–Trinajstić information content (AvgIpc) is 3.16. The summed E-state index contributed by atoms with van der Waals surface area (Å²) in [4.78, 5) is 32.8. The minimum Gasteiger partial charge on any atom is -0.450 e. The molecule has 1 aliphatic rings. The van der Waals surface area contributed by atoms with E-state index in [9.17, 15) is 9.59 Å². The molecule has 0 N–H and O–H groups in total. The van der Waals surface area contributed by atoms with Crippen LogP contribution in [0.2, 0.25) is 0 Å². The van der Waals surface area contributed by atoms with Gasteiger partial charge in [0.1, 0.15) is 0 Å². The van der Waals surface area contributed by atoms with Gasteiger partial charge < -0.3 is 14.5 Å². The fourth-order valence-electron chi connectivity index (χ4n) is 3.50. The Morgan fingerprint density at radius 1 is 0.967 bits per heavy atom. The van der Waals surface area contributed by atoms with Crippen LogP contribution in [0.25, 0.3) is 16.7 Å². The van der Waals surface area contributed by atoms with Crippen LogP contribution < -0.4 is 0 Å². The maximum Gasteiger partial charge on any atom is 0.409 e. The Morgan fingerprint density at radius 2 is 1.63 bits per heavy atom. The third kappa shape index (κ3) is 4.28. The van der Waals surface area contributed by atoms with E-state index >= 15 is 0 Å². The van der Waals surface area contributed by atoms with Crippen molar-refractivity contribution in [1.29, 1.82) is 0 Å². The summed E-state index contributed by atoms with van der Waals surface area (Å²) in [6.45, 7) is 4.19. The second kappa shape index (κ2) is 9.21. The summed E-state index contributed by atoms with van der Waals surface area (Å²) in [6, 6.07) is 18.0. The lowest BCUT2D eigenvalue weighted by molar-refractivity contribution is -0.129. The molecule has 1 aromatic heterocycles. The molecule has 2 aromatic carbocycles. The summed E-state index contributed by atoms with van der Waals surface area (Å²) in [5.74, 6) is 0.352. The molecule has 3 aromatic rings. The molecule has 8 heteroatoms. The molecule has 0 aliphatic carbocycles. The number of carbonyl (C=O) groups is 2. The lowest BCUT2D eigenvalue weighted by Gasteiger charge is -2.34. The first kappa shape index (κ1) is 20.3. The van der Waals surface area contributed by atoms with Crippen LogP contribution in [-0.4, -0.2) is 69.9 Å². The van der Waals surface area contributed by atoms with E-state index < -0.39 is 0 Å². The predicted octanol–water partition coefficient (Wildman–Crippen LogP) is 3.42. The van der Waals surface area contributed by atoms with Crippen LogP contribution in [0.1, 0.15) is 6.92 Å². The van der Waals surface area contributed by atoms with Crippen LogP contribution in [0.4, 0.5) is 4.79 Å². The maximum atomic E-state index is 12.8. The van der Waals surface area contributed by atoms with Gasteiger partial charge in [0.05, 0.1) is 23.4 Å². The molecule has 156 valence electrons. The van der Waals surface area contributed by atoms with E-state index in [1.165, 1.54) is 11.8 Å². The third-order valence-electron chi connectivity index (χ3n) is 5.03. The molecule has 7 nitrogen and oxygen atoms in total. The Bertz CT molecular complexity index is 1030. The highest BCUT2D eigenvalue weighted by Gasteiger charge is 2.25. The SMILES string of the molecule is CCOC(=O)N1CCN(C(=O)CSc2nc3ccccc3n2-c2ccccc2)CC1. The van der Waals surface area contributed by atoms with Gasteiger partial charge >= 0.3 is 6.09 Å². The fraction of sp³-hybridized carbons (Fsp3) is 0.318. The smallest absolute Gasteiger partial charge is 0.409 e. The summed E-state index contributed by atoms with van der Waals surface area (Å²) >= 11 is 1.44. The topological polar surface area (TPSA) is 67.7 Å². The van der Waals surface area contributed by atoms with Gasteiger partial charge in [-0.1, -0.05) is 42.1 Å². The van der Waals surface area contributed by atoms with Gasteiger partial charge in [0.25, 0.3) is 0 Å². The number of hydrogen-bond acceptors (Lipinski definition) is 5. The average molecular weight is 425 g/mol. The van der Waals surface area contributed by atoms with Gasteiger partial charge in [0.15, 0.2) is 5.16 Å². The monoisotopic (exact) mass is 424 g/mol. The highest BCUT2D eigenvalue weighted by Crippen LogP contribution is 2.28. The van der Waals surface area contributed by atoms with E-state index in [0.29, 0.717) is 38.5 Å². The van der Waals surface area contributed by atoms with E-state index in [4.69, 9.17) is 9.72 Å². The van der Waals surface area contributed by atoms with Gasteiger partial charge in [-0.15, -0.1) is 0 Å². The molecule has 1 aliphatic heterocycles. The van der Waals surface area contributed by atoms with Crippen molar-refractivity contribution in [3.8, 4) is 5.69 Å². The van der Waals surface area contributed by atoms with Crippen LogP contribution in [0.5, 0.6) is 0 Å². The molecule has 0 radical (unpaired) electrons. The number of ether oxygens (including phenoxy) is 1. The number of amides is 2. The zero-order valence-corrected chi connectivity index (χ0v) is 17.7. The second-order valence-electron chi connectivity index (χ2n) is 6.91. The Kier molecular flexibility index (Phi) is 6.23. The number of fused-ring (bicyclic) bond motifs is 1. The molecule has 2 amide bonds. The van der Waals surface area contributed by atoms with Crippen LogP contribution in [0, 0.1) is 0 Å². The van der Waals surface area contributed by atoms with Gasteiger partial charge in [0.2, 0.25) is 5.91 Å². The molecule has 0 saturated carbocycles. The van der Waals surface area contributed by atoms with Crippen molar-refractivity contribution in [3.05, 3.63) is 54.6 Å². The molecule has 0 bridgehead atoms. The molecule has 0 unspecified atom stereocenters. The van der Waals surface area contributed by atoms with Crippen molar-refractivity contribution in [2.75, 3.05) is 38.5 Å². The third-order valence-corrected chi connectivity index (χ3v) is 5.95. The lowest BCUT2D eigenvalue weighted by Crippen LogP contribution is -2.51. The van der Waals surface area contributed by atoms with Gasteiger partial charge in [0, 0.05) is 31.9 Å². The van der Waals surface area contributed by atoms with Gasteiger partial charge in [-0.2, -0.15) is 0 Å². The number of aromatic nitrogens is 2. The Hall–Kier alpha value is -3.00. The van der Waals surface area contributed by atoms with Crippen LogP contribution in [0.3, 0.4) is 0 Å². The van der Waals surface area contributed by atoms with E-state index in [2.05, 4.69) is 4.57 Å². The van der Waals surface area contributed by atoms with Crippen molar-refractivity contribution >= 4 is 34.8 Å². The lowest BCUT2D eigenvalue weighted by atomic mass is 10.3. The van der Waals surface area contributed by atoms with Gasteiger partial charge in [-0.3, -0.25) is 9.36 Å². The number of hydrogen-bond donors (Lipinski definition) is 0. The molecule has 0 spiro atoms. The molecule has 1 saturated heterocycles. The van der Waals surface area contributed by atoms with Gasteiger partial charge in [-0.05, 0) is 31.2 Å². The standard InChI is InChI=1S/C22H24N4O3S/c1-2-29-22(28)25-14-12-24(13-15-25)20(27)16-30-21-23-18-10-6-7-11-19(18)26(21)17-8-4-3-5-9-17/h3-11H,2,12-16H2,1H3. The first-order chi connectivity index (χ1) is 14.7. The largest absolute Gasteiger partial charge is 0.450 e. The molecular weight excluding hydrogens is 400 g/mol. The van der Waals surface area contributed by atoms with Crippen molar-refractivity contribution in [2.24, 2.45) is 0 Å². The van der Waals surface area contributed by atoms with Crippen LogP contribution in [-0.2, 0) is 9.53 Å². The number of thioether (sulfide) groups is 1. The Morgan fingerprint density at radius 3 is 2.37 bits per heavy atom. The van der Waals surface area contributed by atoms with E-state index in [1.54, 1.807) is 16.7 Å². The fourth-order valence-corrected chi connectivity index (χ4v) is 4.43. The number of imidazole rings is 1. The van der Waals surface area contributed by atoms with E-state index in [0.717, 1.165) is 21.9 Å². The zero-order chi connectivity index (χ0) is 20.9. The molecule has 4 rings (SSSR count). The molecule has 0 atom stereocenters. The summed E-state index contributed by atoms with van der Waals surface area (Å²) in [6.07, 6.45) is -0.310. The van der Waals surface area contributed by atoms with Crippen molar-refractivity contribution < 1.29 is 14.3 Å². The number of rotatable bonds is 5. The normalized spacial score (nSPS) is 14.2. The number of nitrogens with zero attached hydrogens (tertiary/aromatic N) is 4. The first-order valence-corrected chi connectivity index (χ1v) is 11.0. The second-order valence-corrected chi connectivity index (χ2v) is 7.85.